The third-order valence-electron chi connectivity index (χ3n) is 3.23. The molecular formula is C14H15BrF3N3. The van der Waals surface area contributed by atoms with Gasteiger partial charge in [0.25, 0.3) is 0 Å². The molecular weight excluding hydrogens is 347 g/mol. The predicted octanol–water partition coefficient (Wildman–Crippen LogP) is 3.99. The molecule has 0 saturated heterocycles. The van der Waals surface area contributed by atoms with E-state index in [1.54, 1.807) is 24.0 Å². The molecule has 0 spiro atoms. The predicted molar refractivity (Wildman–Crippen MR) is 77.9 cm³/mol. The van der Waals surface area contributed by atoms with Gasteiger partial charge in [-0.2, -0.15) is 18.3 Å². The Morgan fingerprint density at radius 2 is 2.05 bits per heavy atom. The summed E-state index contributed by atoms with van der Waals surface area (Å²) in [6.45, 7) is 2.66. The van der Waals surface area contributed by atoms with E-state index in [0.29, 0.717) is 12.1 Å². The molecule has 1 aromatic carbocycles. The highest BCUT2D eigenvalue weighted by molar-refractivity contribution is 9.10. The van der Waals surface area contributed by atoms with Crippen LogP contribution in [0.25, 0.3) is 0 Å². The lowest BCUT2D eigenvalue weighted by atomic mass is 9.99. The fraction of sp³-hybridized carbons (Fsp3) is 0.357. The van der Waals surface area contributed by atoms with Crippen molar-refractivity contribution in [1.82, 2.24) is 15.1 Å². The van der Waals surface area contributed by atoms with Gasteiger partial charge in [0, 0.05) is 22.8 Å². The lowest BCUT2D eigenvalue weighted by Gasteiger charge is -2.18. The van der Waals surface area contributed by atoms with E-state index in [0.717, 1.165) is 11.6 Å². The van der Waals surface area contributed by atoms with E-state index in [9.17, 15) is 13.2 Å². The van der Waals surface area contributed by atoms with Crippen LogP contribution in [0.5, 0.6) is 0 Å². The second-order valence-corrected chi connectivity index (χ2v) is 5.44. The van der Waals surface area contributed by atoms with Crippen LogP contribution in [0.1, 0.15) is 29.7 Å². The van der Waals surface area contributed by atoms with Crippen molar-refractivity contribution < 1.29 is 13.2 Å². The van der Waals surface area contributed by atoms with Crippen LogP contribution >= 0.6 is 15.9 Å². The second kappa shape index (κ2) is 6.19. The topological polar surface area (TPSA) is 29.9 Å². The van der Waals surface area contributed by atoms with Gasteiger partial charge in [-0.05, 0) is 31.7 Å². The molecule has 1 unspecified atom stereocenters. The minimum Gasteiger partial charge on any atom is -0.309 e. The van der Waals surface area contributed by atoms with E-state index in [1.165, 1.54) is 6.07 Å². The van der Waals surface area contributed by atoms with Gasteiger partial charge < -0.3 is 5.32 Å². The van der Waals surface area contributed by atoms with Crippen molar-refractivity contribution in [2.45, 2.75) is 25.7 Å². The molecule has 1 atom stereocenters. The molecule has 0 aliphatic heterocycles. The number of aryl methyl sites for hydroxylation is 1. The Kier molecular flexibility index (Phi) is 4.73. The van der Waals surface area contributed by atoms with Gasteiger partial charge in [0.2, 0.25) is 0 Å². The number of benzene rings is 1. The van der Waals surface area contributed by atoms with E-state index in [2.05, 4.69) is 26.3 Å². The highest BCUT2D eigenvalue weighted by Gasteiger charge is 2.33. The smallest absolute Gasteiger partial charge is 0.309 e. The molecule has 0 saturated carbocycles. The Morgan fingerprint density at radius 3 is 2.57 bits per heavy atom. The summed E-state index contributed by atoms with van der Waals surface area (Å²) in [7, 11) is 1.71. The number of aromatic nitrogens is 2. The minimum absolute atomic E-state index is 0.0397. The van der Waals surface area contributed by atoms with E-state index in [4.69, 9.17) is 0 Å². The number of alkyl halides is 3. The van der Waals surface area contributed by atoms with Gasteiger partial charge in [0.15, 0.2) is 0 Å². The third kappa shape index (κ3) is 3.47. The van der Waals surface area contributed by atoms with Crippen molar-refractivity contribution in [3.63, 3.8) is 0 Å². The zero-order valence-electron chi connectivity index (χ0n) is 11.6. The average Bonchev–Trinajstić information content (AvgIpc) is 2.89. The molecule has 2 rings (SSSR count). The molecule has 0 radical (unpaired) electrons. The lowest BCUT2D eigenvalue weighted by Crippen LogP contribution is -2.18. The molecule has 0 aliphatic rings. The number of hydrogen-bond donors (Lipinski definition) is 1. The summed E-state index contributed by atoms with van der Waals surface area (Å²) in [5.41, 5.74) is 0.696. The quantitative estimate of drug-likeness (QED) is 0.891. The van der Waals surface area contributed by atoms with Crippen LogP contribution in [0, 0.1) is 0 Å². The summed E-state index contributed by atoms with van der Waals surface area (Å²) in [4.78, 5) is 0. The molecule has 2 aromatic rings. The summed E-state index contributed by atoms with van der Waals surface area (Å²) in [5.74, 6) is 0. The Morgan fingerprint density at radius 1 is 1.33 bits per heavy atom. The van der Waals surface area contributed by atoms with Gasteiger partial charge in [-0.1, -0.05) is 22.0 Å². The molecule has 3 nitrogen and oxygen atoms in total. The van der Waals surface area contributed by atoms with Crippen LogP contribution in [0.3, 0.4) is 0 Å². The SMILES string of the molecule is CCn1cc(C(NC)c2ccc(Br)c(C(F)(F)F)c2)cn1. The Hall–Kier alpha value is -1.34. The number of nitrogens with one attached hydrogen (secondary N) is 1. The van der Waals surface area contributed by atoms with Crippen molar-refractivity contribution in [2.75, 3.05) is 7.05 Å². The van der Waals surface area contributed by atoms with E-state index in [1.807, 2.05) is 13.1 Å². The maximum Gasteiger partial charge on any atom is 0.417 e. The molecule has 21 heavy (non-hydrogen) atoms. The van der Waals surface area contributed by atoms with Crippen molar-refractivity contribution >= 4 is 15.9 Å². The summed E-state index contributed by atoms with van der Waals surface area (Å²) in [6, 6.07) is 3.92. The largest absolute Gasteiger partial charge is 0.417 e. The van der Waals surface area contributed by atoms with Crippen LogP contribution < -0.4 is 5.32 Å². The zero-order valence-corrected chi connectivity index (χ0v) is 13.2. The van der Waals surface area contributed by atoms with Crippen molar-refractivity contribution in [2.24, 2.45) is 0 Å². The van der Waals surface area contributed by atoms with Crippen molar-refractivity contribution in [1.29, 1.82) is 0 Å². The normalized spacial score (nSPS) is 13.4. The maximum absolute atomic E-state index is 13.0. The molecule has 1 heterocycles. The summed E-state index contributed by atoms with van der Waals surface area (Å²) in [5, 5.41) is 7.20. The molecule has 0 fully saturated rings. The number of hydrogen-bond acceptors (Lipinski definition) is 2. The van der Waals surface area contributed by atoms with Gasteiger partial charge >= 0.3 is 6.18 Å². The fourth-order valence-electron chi connectivity index (χ4n) is 2.17. The van der Waals surface area contributed by atoms with Gasteiger partial charge in [0.05, 0.1) is 17.8 Å². The van der Waals surface area contributed by atoms with Crippen LogP contribution in [0.15, 0.2) is 35.1 Å². The standard InChI is InChI=1S/C14H15BrF3N3/c1-3-21-8-10(7-20-21)13(19-2)9-4-5-12(15)11(6-9)14(16,17)18/h4-8,13,19H,3H2,1-2H3. The van der Waals surface area contributed by atoms with E-state index in [-0.39, 0.29) is 10.5 Å². The third-order valence-corrected chi connectivity index (χ3v) is 3.92. The Bertz CT molecular complexity index is 622. The van der Waals surface area contributed by atoms with Gasteiger partial charge in [-0.15, -0.1) is 0 Å². The molecule has 1 aromatic heterocycles. The first kappa shape index (κ1) is 16.0. The number of nitrogens with zero attached hydrogens (tertiary/aromatic N) is 2. The fourth-order valence-corrected chi connectivity index (χ4v) is 2.64. The monoisotopic (exact) mass is 361 g/mol. The Labute approximate surface area is 129 Å². The molecule has 114 valence electrons. The number of rotatable bonds is 4. The van der Waals surface area contributed by atoms with E-state index >= 15 is 0 Å². The first-order valence-corrected chi connectivity index (χ1v) is 7.22. The molecule has 0 amide bonds. The van der Waals surface area contributed by atoms with Gasteiger partial charge in [0.1, 0.15) is 0 Å². The first-order valence-electron chi connectivity index (χ1n) is 6.43. The van der Waals surface area contributed by atoms with Crippen molar-refractivity contribution in [3.8, 4) is 0 Å². The van der Waals surface area contributed by atoms with Crippen molar-refractivity contribution in [3.05, 3.63) is 51.8 Å². The highest BCUT2D eigenvalue weighted by Crippen LogP contribution is 2.37. The Balaban J connectivity index is 2.43. The van der Waals surface area contributed by atoms with Gasteiger partial charge in [-0.25, -0.2) is 0 Å². The number of halogens is 4. The van der Waals surface area contributed by atoms with Gasteiger partial charge in [-0.3, -0.25) is 4.68 Å². The van der Waals surface area contributed by atoms with Crippen LogP contribution in [0.4, 0.5) is 13.2 Å². The van der Waals surface area contributed by atoms with Crippen LogP contribution in [0.2, 0.25) is 0 Å². The zero-order chi connectivity index (χ0) is 15.6. The second-order valence-electron chi connectivity index (χ2n) is 4.59. The van der Waals surface area contributed by atoms with Crippen LogP contribution in [-0.4, -0.2) is 16.8 Å². The summed E-state index contributed by atoms with van der Waals surface area (Å²) >= 11 is 2.95. The molecule has 0 bridgehead atoms. The highest BCUT2D eigenvalue weighted by atomic mass is 79.9. The minimum atomic E-state index is -4.39. The summed E-state index contributed by atoms with van der Waals surface area (Å²) in [6.07, 6.45) is -0.892. The first-order chi connectivity index (χ1) is 9.86. The molecule has 0 aliphatic carbocycles. The van der Waals surface area contributed by atoms with Crippen LogP contribution in [-0.2, 0) is 12.7 Å². The summed E-state index contributed by atoms with van der Waals surface area (Å²) < 4.78 is 40.8. The molecule has 7 heteroatoms. The maximum atomic E-state index is 13.0. The lowest BCUT2D eigenvalue weighted by molar-refractivity contribution is -0.138. The average molecular weight is 362 g/mol. The molecule has 1 N–H and O–H groups in total. The van der Waals surface area contributed by atoms with E-state index < -0.39 is 11.7 Å².